The summed E-state index contributed by atoms with van der Waals surface area (Å²) < 4.78 is 0. The molecule has 1 aliphatic carbocycles. The van der Waals surface area contributed by atoms with Crippen molar-refractivity contribution in [1.29, 1.82) is 0 Å². The Morgan fingerprint density at radius 1 is 1.19 bits per heavy atom. The number of H-pyrrole nitrogens is 2. The van der Waals surface area contributed by atoms with Crippen molar-refractivity contribution in [3.8, 4) is 0 Å². The number of aryl methyl sites for hydroxylation is 2. The number of hydrogen-bond acceptors (Lipinski definition) is 3. The highest BCUT2D eigenvalue weighted by Gasteiger charge is 2.28. The maximum Gasteiger partial charge on any atom is 0.267 e. The lowest BCUT2D eigenvalue weighted by molar-refractivity contribution is -0.124. The predicted octanol–water partition coefficient (Wildman–Crippen LogP) is 5.96. The van der Waals surface area contributed by atoms with Gasteiger partial charge in [0.2, 0.25) is 0 Å². The van der Waals surface area contributed by atoms with E-state index in [1.54, 1.807) is 11.6 Å². The molecule has 0 bridgehead atoms. The summed E-state index contributed by atoms with van der Waals surface area (Å²) in [5.74, 6) is -0.531. The van der Waals surface area contributed by atoms with Crippen LogP contribution in [-0.2, 0) is 30.6 Å². The van der Waals surface area contributed by atoms with Crippen LogP contribution in [0.2, 0.25) is 5.02 Å². The van der Waals surface area contributed by atoms with Crippen LogP contribution in [0, 0.1) is 0 Å². The molecule has 0 fully saturated rings. The van der Waals surface area contributed by atoms with Gasteiger partial charge in [0, 0.05) is 59.2 Å². The first kappa shape index (κ1) is 24.4. The predicted molar refractivity (Wildman–Crippen MR) is 144 cm³/mol. The van der Waals surface area contributed by atoms with E-state index in [9.17, 15) is 4.79 Å². The van der Waals surface area contributed by atoms with Crippen LogP contribution in [0.5, 0.6) is 0 Å². The zero-order valence-electron chi connectivity index (χ0n) is 20.4. The van der Waals surface area contributed by atoms with E-state index in [1.807, 2.05) is 18.2 Å². The van der Waals surface area contributed by atoms with Gasteiger partial charge in [-0.2, -0.15) is 0 Å². The lowest BCUT2D eigenvalue weighted by Gasteiger charge is -2.29. The molecule has 1 atom stereocenters. The van der Waals surface area contributed by atoms with E-state index in [4.69, 9.17) is 16.8 Å². The number of nitrogens with zero attached hydrogens (tertiary/aromatic N) is 1. The summed E-state index contributed by atoms with van der Waals surface area (Å²) in [6.45, 7) is 3.98. The second kappa shape index (κ2) is 10.7. The van der Waals surface area contributed by atoms with Crippen molar-refractivity contribution in [2.75, 3.05) is 6.54 Å². The van der Waals surface area contributed by atoms with Crippen molar-refractivity contribution in [1.82, 2.24) is 20.3 Å². The van der Waals surface area contributed by atoms with Gasteiger partial charge in [0.15, 0.2) is 0 Å². The molecule has 2 aromatic carbocycles. The van der Waals surface area contributed by atoms with Crippen molar-refractivity contribution in [3.05, 3.63) is 99.5 Å². The van der Waals surface area contributed by atoms with Gasteiger partial charge in [-0.25, -0.2) is 5.48 Å². The first-order valence-electron chi connectivity index (χ1n) is 12.4. The molecule has 2 aromatic heterocycles. The summed E-state index contributed by atoms with van der Waals surface area (Å²) in [7, 11) is 0. The highest BCUT2D eigenvalue weighted by atomic mass is 35.5. The lowest BCUT2D eigenvalue weighted by Crippen LogP contribution is -2.29. The number of amides is 1. The van der Waals surface area contributed by atoms with E-state index in [0.717, 1.165) is 54.9 Å². The number of nitrogens with one attached hydrogen (secondary N) is 3. The Hall–Kier alpha value is -3.32. The molecule has 186 valence electrons. The number of hydrogen-bond donors (Lipinski definition) is 4. The third-order valence-electron chi connectivity index (χ3n) is 7.16. The average molecular weight is 503 g/mol. The maximum atomic E-state index is 11.4. The summed E-state index contributed by atoms with van der Waals surface area (Å²) in [6, 6.07) is 15.0. The number of carbonyl (C=O) groups excluding carboxylic acids is 1. The first-order chi connectivity index (χ1) is 17.5. The van der Waals surface area contributed by atoms with Crippen LogP contribution in [0.3, 0.4) is 0 Å². The lowest BCUT2D eigenvalue weighted by atomic mass is 10.0. The van der Waals surface area contributed by atoms with Crippen molar-refractivity contribution in [2.45, 2.75) is 45.2 Å². The number of fused-ring (bicyclic) bond motifs is 2. The fourth-order valence-electron chi connectivity index (χ4n) is 5.30. The Balaban J connectivity index is 1.39. The number of aromatic amines is 2. The molecule has 7 heteroatoms. The van der Waals surface area contributed by atoms with Gasteiger partial charge in [-0.05, 0) is 77.8 Å². The van der Waals surface area contributed by atoms with Gasteiger partial charge in [-0.1, -0.05) is 42.8 Å². The number of halogens is 1. The monoisotopic (exact) mass is 502 g/mol. The summed E-state index contributed by atoms with van der Waals surface area (Å²) in [5, 5.41) is 10.7. The number of benzene rings is 2. The number of aromatic nitrogens is 2. The molecule has 0 spiro atoms. The van der Waals surface area contributed by atoms with Gasteiger partial charge in [0.1, 0.15) is 0 Å². The standard InChI is InChI=1S/C29H31ClN4O2/c1-2-24-14-20(16-31-24)18-34(12-11-22-17-32-27-15-23(30)6-8-25(22)27)28-9-5-21-13-19(3-7-26(21)28)4-10-29(35)33-36/h3-4,6-8,10,13-17,28,31-32,36H,2,5,9,11-12,18H2,1H3,(H,33,35)/b10-4+. The van der Waals surface area contributed by atoms with Gasteiger partial charge in [-0.15, -0.1) is 0 Å². The van der Waals surface area contributed by atoms with E-state index < -0.39 is 5.91 Å². The Morgan fingerprint density at radius 2 is 2.08 bits per heavy atom. The van der Waals surface area contributed by atoms with Crippen molar-refractivity contribution < 1.29 is 10.0 Å². The Labute approximate surface area is 215 Å². The van der Waals surface area contributed by atoms with Crippen molar-refractivity contribution in [3.63, 3.8) is 0 Å². The minimum atomic E-state index is -0.531. The highest BCUT2D eigenvalue weighted by molar-refractivity contribution is 6.31. The Kier molecular flexibility index (Phi) is 7.28. The molecule has 0 aliphatic heterocycles. The smallest absolute Gasteiger partial charge is 0.267 e. The Bertz CT molecular complexity index is 1400. The Morgan fingerprint density at radius 3 is 2.89 bits per heavy atom. The topological polar surface area (TPSA) is 84.2 Å². The normalized spacial score (nSPS) is 15.3. The summed E-state index contributed by atoms with van der Waals surface area (Å²) in [5.41, 5.74) is 10.2. The largest absolute Gasteiger partial charge is 0.365 e. The fraction of sp³-hybridized carbons (Fsp3) is 0.276. The molecule has 2 heterocycles. The van der Waals surface area contributed by atoms with Gasteiger partial charge >= 0.3 is 0 Å². The molecule has 4 N–H and O–H groups in total. The molecule has 1 unspecified atom stereocenters. The van der Waals surface area contributed by atoms with E-state index in [2.05, 4.69) is 58.5 Å². The summed E-state index contributed by atoms with van der Waals surface area (Å²) in [6.07, 6.45) is 11.3. The molecule has 4 aromatic rings. The van der Waals surface area contributed by atoms with E-state index in [-0.39, 0.29) is 0 Å². The number of carbonyl (C=O) groups is 1. The van der Waals surface area contributed by atoms with Gasteiger partial charge in [0.25, 0.3) is 5.91 Å². The molecule has 1 amide bonds. The minimum Gasteiger partial charge on any atom is -0.365 e. The molecule has 36 heavy (non-hydrogen) atoms. The van der Waals surface area contributed by atoms with Crippen LogP contribution in [0.4, 0.5) is 0 Å². The molecule has 6 nitrogen and oxygen atoms in total. The SMILES string of the molecule is CCc1cc(CN(CCc2c[nH]c3cc(Cl)ccc23)C2CCc3cc(/C=C/C(=O)NO)ccc32)c[nH]1. The highest BCUT2D eigenvalue weighted by Crippen LogP contribution is 2.37. The first-order valence-corrected chi connectivity index (χ1v) is 12.8. The molecule has 0 saturated carbocycles. The molecular weight excluding hydrogens is 472 g/mol. The summed E-state index contributed by atoms with van der Waals surface area (Å²) >= 11 is 6.18. The molecule has 1 aliphatic rings. The van der Waals surface area contributed by atoms with Crippen LogP contribution in [0.25, 0.3) is 17.0 Å². The van der Waals surface area contributed by atoms with Crippen molar-refractivity contribution >= 4 is 34.5 Å². The molecule has 5 rings (SSSR count). The van der Waals surface area contributed by atoms with Gasteiger partial charge in [-0.3, -0.25) is 14.9 Å². The molecule has 0 radical (unpaired) electrons. The summed E-state index contributed by atoms with van der Waals surface area (Å²) in [4.78, 5) is 20.7. The second-order valence-corrected chi connectivity index (χ2v) is 9.87. The quantitative estimate of drug-likeness (QED) is 0.129. The zero-order valence-corrected chi connectivity index (χ0v) is 21.1. The number of rotatable bonds is 9. The average Bonchev–Trinajstić information content (AvgIpc) is 3.62. The molecular formula is C29H31ClN4O2. The van der Waals surface area contributed by atoms with Crippen LogP contribution in [0.1, 0.15) is 52.9 Å². The van der Waals surface area contributed by atoms with Gasteiger partial charge in [0.05, 0.1) is 0 Å². The van der Waals surface area contributed by atoms with Crippen LogP contribution >= 0.6 is 11.6 Å². The van der Waals surface area contributed by atoms with E-state index >= 15 is 0 Å². The number of hydroxylamine groups is 1. The maximum absolute atomic E-state index is 11.4. The zero-order chi connectivity index (χ0) is 25.1. The minimum absolute atomic E-state index is 0.332. The second-order valence-electron chi connectivity index (χ2n) is 9.43. The van der Waals surface area contributed by atoms with Crippen LogP contribution in [0.15, 0.2) is 60.9 Å². The van der Waals surface area contributed by atoms with E-state index in [0.29, 0.717) is 6.04 Å². The fourth-order valence-corrected chi connectivity index (χ4v) is 5.48. The van der Waals surface area contributed by atoms with Crippen molar-refractivity contribution in [2.24, 2.45) is 0 Å². The third kappa shape index (κ3) is 5.26. The molecule has 0 saturated heterocycles. The third-order valence-corrected chi connectivity index (χ3v) is 7.39. The van der Waals surface area contributed by atoms with Crippen LogP contribution < -0.4 is 5.48 Å². The van der Waals surface area contributed by atoms with Crippen LogP contribution in [-0.4, -0.2) is 32.5 Å². The van der Waals surface area contributed by atoms with Gasteiger partial charge < -0.3 is 9.97 Å². The van der Waals surface area contributed by atoms with E-state index in [1.165, 1.54) is 39.4 Å².